The molecule has 0 aliphatic carbocycles. The number of carbonyl (C=O) groups excluding carboxylic acids is 1. The van der Waals surface area contributed by atoms with Crippen LogP contribution in [0.1, 0.15) is 65.9 Å². The van der Waals surface area contributed by atoms with Crippen molar-refractivity contribution in [3.63, 3.8) is 0 Å². The molecule has 1 aromatic carbocycles. The van der Waals surface area contributed by atoms with Crippen molar-refractivity contribution in [2.24, 2.45) is 5.92 Å². The summed E-state index contributed by atoms with van der Waals surface area (Å²) in [5.41, 5.74) is 2.46. The number of sulfonamides is 1. The molecular weight excluding hydrogens is 386 g/mol. The van der Waals surface area contributed by atoms with Crippen molar-refractivity contribution in [3.05, 3.63) is 23.8 Å². The van der Waals surface area contributed by atoms with Crippen LogP contribution in [0.2, 0.25) is 0 Å². The van der Waals surface area contributed by atoms with E-state index in [0.717, 1.165) is 30.5 Å². The summed E-state index contributed by atoms with van der Waals surface area (Å²) in [4.78, 5) is 17.1. The van der Waals surface area contributed by atoms with E-state index in [9.17, 15) is 13.2 Å². The van der Waals surface area contributed by atoms with Gasteiger partial charge in [-0.15, -0.1) is 0 Å². The molecular formula is C22H39N3O3S. The summed E-state index contributed by atoms with van der Waals surface area (Å²) in [7, 11) is 0.543. The first-order valence-corrected chi connectivity index (χ1v) is 12.4. The molecule has 0 radical (unpaired) electrons. The van der Waals surface area contributed by atoms with Crippen molar-refractivity contribution in [2.45, 2.75) is 72.9 Å². The van der Waals surface area contributed by atoms with Gasteiger partial charge in [0.25, 0.3) is 0 Å². The predicted molar refractivity (Wildman–Crippen MR) is 123 cm³/mol. The van der Waals surface area contributed by atoms with Crippen LogP contribution in [-0.4, -0.2) is 45.1 Å². The molecule has 1 rings (SSSR count). The average Bonchev–Trinajstić information content (AvgIpc) is 2.65. The van der Waals surface area contributed by atoms with Crippen LogP contribution >= 0.6 is 0 Å². The topological polar surface area (TPSA) is 69.7 Å². The summed E-state index contributed by atoms with van der Waals surface area (Å²) in [6, 6.07) is 5.66. The molecule has 0 aliphatic heterocycles. The summed E-state index contributed by atoms with van der Waals surface area (Å²) < 4.78 is 27.1. The van der Waals surface area contributed by atoms with E-state index in [1.165, 1.54) is 0 Å². The SMILES string of the molecule is CCCS(=O)(=O)Nc1ccc(N(C)C)c(CN(C(=O)C(CC)CC)C(C)CC)c1. The molecule has 29 heavy (non-hydrogen) atoms. The van der Waals surface area contributed by atoms with Gasteiger partial charge in [0.15, 0.2) is 0 Å². The first-order valence-electron chi connectivity index (χ1n) is 10.7. The van der Waals surface area contributed by atoms with Gasteiger partial charge in [-0.2, -0.15) is 0 Å². The highest BCUT2D eigenvalue weighted by molar-refractivity contribution is 7.92. The summed E-state index contributed by atoms with van der Waals surface area (Å²) in [6.45, 7) is 10.6. The number of nitrogens with zero attached hydrogens (tertiary/aromatic N) is 2. The molecule has 166 valence electrons. The molecule has 0 bridgehead atoms. The number of anilines is 2. The van der Waals surface area contributed by atoms with Gasteiger partial charge in [0.2, 0.25) is 15.9 Å². The average molecular weight is 426 g/mol. The number of carbonyl (C=O) groups is 1. The lowest BCUT2D eigenvalue weighted by Gasteiger charge is -2.33. The molecule has 0 saturated carbocycles. The fourth-order valence-electron chi connectivity index (χ4n) is 3.44. The van der Waals surface area contributed by atoms with E-state index in [0.29, 0.717) is 18.7 Å². The van der Waals surface area contributed by atoms with Crippen molar-refractivity contribution < 1.29 is 13.2 Å². The third kappa shape index (κ3) is 7.21. The second-order valence-electron chi connectivity index (χ2n) is 7.90. The van der Waals surface area contributed by atoms with E-state index < -0.39 is 10.0 Å². The summed E-state index contributed by atoms with van der Waals surface area (Å²) in [5, 5.41) is 0. The highest BCUT2D eigenvalue weighted by Crippen LogP contribution is 2.27. The van der Waals surface area contributed by atoms with Crippen molar-refractivity contribution in [1.29, 1.82) is 0 Å². The Balaban J connectivity index is 3.32. The normalized spacial score (nSPS) is 12.7. The Bertz CT molecular complexity index is 759. The maximum atomic E-state index is 13.2. The van der Waals surface area contributed by atoms with Gasteiger partial charge < -0.3 is 9.80 Å². The maximum absolute atomic E-state index is 13.2. The van der Waals surface area contributed by atoms with Crippen molar-refractivity contribution in [3.8, 4) is 0 Å². The van der Waals surface area contributed by atoms with Crippen molar-refractivity contribution in [1.82, 2.24) is 4.90 Å². The van der Waals surface area contributed by atoms with Crippen molar-refractivity contribution >= 4 is 27.3 Å². The minimum Gasteiger partial charge on any atom is -0.377 e. The second-order valence-corrected chi connectivity index (χ2v) is 9.74. The monoisotopic (exact) mass is 425 g/mol. The van der Waals surface area contributed by atoms with Gasteiger partial charge >= 0.3 is 0 Å². The lowest BCUT2D eigenvalue weighted by atomic mass is 9.99. The van der Waals surface area contributed by atoms with Crippen LogP contribution in [0.15, 0.2) is 18.2 Å². The summed E-state index contributed by atoms with van der Waals surface area (Å²) in [5.74, 6) is 0.272. The van der Waals surface area contributed by atoms with Crippen LogP contribution in [0.25, 0.3) is 0 Å². The molecule has 0 aromatic heterocycles. The number of benzene rings is 1. The third-order valence-electron chi connectivity index (χ3n) is 5.39. The molecule has 1 unspecified atom stereocenters. The quantitative estimate of drug-likeness (QED) is 0.536. The van der Waals surface area contributed by atoms with Crippen LogP contribution in [0.3, 0.4) is 0 Å². The zero-order chi connectivity index (χ0) is 22.2. The number of hydrogen-bond donors (Lipinski definition) is 1. The number of amides is 1. The Morgan fingerprint density at radius 2 is 1.69 bits per heavy atom. The standard InChI is InChI=1S/C22H39N3O3S/c1-8-14-29(27,28)23-20-12-13-21(24(6)7)19(15-20)16-25(17(5)9-2)22(26)18(10-3)11-4/h12-13,15,17-18,23H,8-11,14,16H2,1-7H3. The first kappa shape index (κ1) is 25.3. The molecule has 6 nitrogen and oxygen atoms in total. The highest BCUT2D eigenvalue weighted by Gasteiger charge is 2.26. The lowest BCUT2D eigenvalue weighted by Crippen LogP contribution is -2.41. The van der Waals surface area contributed by atoms with E-state index in [1.54, 1.807) is 6.07 Å². The molecule has 1 amide bonds. The molecule has 1 N–H and O–H groups in total. The molecule has 0 aliphatic rings. The van der Waals surface area contributed by atoms with Gasteiger partial charge in [0.1, 0.15) is 0 Å². The second kappa shape index (κ2) is 11.4. The van der Waals surface area contributed by atoms with Crippen LogP contribution in [0.5, 0.6) is 0 Å². The molecule has 7 heteroatoms. The third-order valence-corrected chi connectivity index (χ3v) is 6.88. The Morgan fingerprint density at radius 1 is 1.07 bits per heavy atom. The molecule has 1 atom stereocenters. The predicted octanol–water partition coefficient (Wildman–Crippen LogP) is 4.47. The van der Waals surface area contributed by atoms with Crippen LogP contribution < -0.4 is 9.62 Å². The summed E-state index contributed by atoms with van der Waals surface area (Å²) >= 11 is 0. The van der Waals surface area contributed by atoms with Gasteiger partial charge in [0.05, 0.1) is 5.75 Å². The Morgan fingerprint density at radius 3 is 2.17 bits per heavy atom. The largest absolute Gasteiger partial charge is 0.377 e. The highest BCUT2D eigenvalue weighted by atomic mass is 32.2. The minimum atomic E-state index is -3.37. The molecule has 0 saturated heterocycles. The van der Waals surface area contributed by atoms with E-state index >= 15 is 0 Å². The van der Waals surface area contributed by atoms with Gasteiger partial charge in [0, 0.05) is 44.0 Å². The smallest absolute Gasteiger partial charge is 0.232 e. The van der Waals surface area contributed by atoms with E-state index in [-0.39, 0.29) is 23.6 Å². The Hall–Kier alpha value is -1.76. The fourth-order valence-corrected chi connectivity index (χ4v) is 4.56. The van der Waals surface area contributed by atoms with Gasteiger partial charge in [-0.1, -0.05) is 27.7 Å². The Labute approximate surface area is 177 Å². The Kier molecular flexibility index (Phi) is 9.96. The lowest BCUT2D eigenvalue weighted by molar-refractivity contribution is -0.138. The fraction of sp³-hybridized carbons (Fsp3) is 0.682. The van der Waals surface area contributed by atoms with Gasteiger partial charge in [-0.05, 0) is 56.4 Å². The van der Waals surface area contributed by atoms with E-state index in [1.807, 2.05) is 43.0 Å². The van der Waals surface area contributed by atoms with E-state index in [4.69, 9.17) is 0 Å². The molecule has 0 heterocycles. The van der Waals surface area contributed by atoms with Gasteiger partial charge in [-0.25, -0.2) is 8.42 Å². The van der Waals surface area contributed by atoms with E-state index in [2.05, 4.69) is 32.4 Å². The van der Waals surface area contributed by atoms with Crippen LogP contribution in [0.4, 0.5) is 11.4 Å². The zero-order valence-corrected chi connectivity index (χ0v) is 20.0. The number of nitrogens with one attached hydrogen (secondary N) is 1. The summed E-state index contributed by atoms with van der Waals surface area (Å²) in [6.07, 6.45) is 3.06. The minimum absolute atomic E-state index is 0.0121. The van der Waals surface area contributed by atoms with Gasteiger partial charge in [-0.3, -0.25) is 9.52 Å². The molecule has 1 aromatic rings. The zero-order valence-electron chi connectivity index (χ0n) is 19.2. The number of rotatable bonds is 12. The molecule has 0 spiro atoms. The number of hydrogen-bond acceptors (Lipinski definition) is 4. The van der Waals surface area contributed by atoms with Crippen LogP contribution in [0, 0.1) is 5.92 Å². The van der Waals surface area contributed by atoms with Crippen LogP contribution in [-0.2, 0) is 21.4 Å². The maximum Gasteiger partial charge on any atom is 0.232 e. The van der Waals surface area contributed by atoms with Crippen molar-refractivity contribution in [2.75, 3.05) is 29.5 Å². The first-order chi connectivity index (χ1) is 13.6. The molecule has 0 fully saturated rings.